The van der Waals surface area contributed by atoms with Gasteiger partial charge < -0.3 is 14.6 Å². The van der Waals surface area contributed by atoms with Gasteiger partial charge in [-0.2, -0.15) is 5.10 Å². The van der Waals surface area contributed by atoms with Crippen molar-refractivity contribution >= 4 is 17.6 Å². The lowest BCUT2D eigenvalue weighted by atomic mass is 9.97. The van der Waals surface area contributed by atoms with E-state index in [0.29, 0.717) is 17.9 Å². The maximum Gasteiger partial charge on any atom is 0.303 e. The molecule has 1 heterocycles. The van der Waals surface area contributed by atoms with Gasteiger partial charge in [-0.3, -0.25) is 9.59 Å². The molecule has 3 rings (SSSR count). The Kier molecular flexibility index (Phi) is 6.49. The van der Waals surface area contributed by atoms with E-state index in [2.05, 4.69) is 5.10 Å². The van der Waals surface area contributed by atoms with E-state index in [4.69, 9.17) is 14.6 Å². The summed E-state index contributed by atoms with van der Waals surface area (Å²) < 4.78 is 11.0. The second kappa shape index (κ2) is 9.23. The van der Waals surface area contributed by atoms with Crippen molar-refractivity contribution < 1.29 is 24.2 Å². The van der Waals surface area contributed by atoms with Crippen molar-refractivity contribution in [1.82, 2.24) is 5.01 Å². The molecule has 2 aromatic carbocycles. The molecule has 7 nitrogen and oxygen atoms in total. The lowest BCUT2D eigenvalue weighted by Gasteiger charge is -2.24. The van der Waals surface area contributed by atoms with E-state index in [-0.39, 0.29) is 31.2 Å². The highest BCUT2D eigenvalue weighted by molar-refractivity contribution is 6.03. The number of ether oxygens (including phenoxy) is 2. The molecular weight excluding hydrogens is 372 g/mol. The Balaban J connectivity index is 1.94. The molecule has 0 bridgehead atoms. The number of hydrogen-bond donors (Lipinski definition) is 1. The first-order valence-electron chi connectivity index (χ1n) is 9.42. The molecule has 0 aromatic heterocycles. The fourth-order valence-electron chi connectivity index (χ4n) is 3.47. The minimum Gasteiger partial charge on any atom is -0.493 e. The summed E-state index contributed by atoms with van der Waals surface area (Å²) in [7, 11) is 3.13. The number of rotatable bonds is 8. The molecular formula is C22H24N2O5. The molecule has 1 atom stereocenters. The quantitative estimate of drug-likeness (QED) is 0.736. The number of nitrogens with zero attached hydrogens (tertiary/aromatic N) is 2. The fourth-order valence-corrected chi connectivity index (χ4v) is 3.47. The Morgan fingerprint density at radius 3 is 2.48 bits per heavy atom. The van der Waals surface area contributed by atoms with E-state index in [0.717, 1.165) is 16.8 Å². The molecule has 0 unspecified atom stereocenters. The number of carbonyl (C=O) groups is 2. The second-order valence-electron chi connectivity index (χ2n) is 6.70. The molecule has 7 heteroatoms. The van der Waals surface area contributed by atoms with Gasteiger partial charge in [-0.1, -0.05) is 42.5 Å². The lowest BCUT2D eigenvalue weighted by molar-refractivity contribution is -0.137. The van der Waals surface area contributed by atoms with Crippen LogP contribution in [0, 0.1) is 0 Å². The predicted molar refractivity (Wildman–Crippen MR) is 108 cm³/mol. The van der Waals surface area contributed by atoms with Crippen LogP contribution in [0.3, 0.4) is 0 Å². The smallest absolute Gasteiger partial charge is 0.303 e. The first-order chi connectivity index (χ1) is 14.0. The second-order valence-corrected chi connectivity index (χ2v) is 6.70. The van der Waals surface area contributed by atoms with Crippen LogP contribution >= 0.6 is 0 Å². The van der Waals surface area contributed by atoms with Crippen LogP contribution in [0.15, 0.2) is 53.6 Å². The Bertz CT molecular complexity index is 911. The molecule has 1 N–H and O–H groups in total. The molecule has 0 radical (unpaired) electrons. The Morgan fingerprint density at radius 1 is 1.07 bits per heavy atom. The number of benzene rings is 2. The largest absolute Gasteiger partial charge is 0.493 e. The average Bonchev–Trinajstić information content (AvgIpc) is 3.18. The van der Waals surface area contributed by atoms with E-state index < -0.39 is 5.97 Å². The summed E-state index contributed by atoms with van der Waals surface area (Å²) in [5, 5.41) is 14.9. The number of carbonyl (C=O) groups excluding carboxylic acids is 1. The summed E-state index contributed by atoms with van der Waals surface area (Å²) in [6, 6.07) is 14.9. The summed E-state index contributed by atoms with van der Waals surface area (Å²) in [6.07, 6.45) is 0.851. The highest BCUT2D eigenvalue weighted by atomic mass is 16.5. The zero-order valence-electron chi connectivity index (χ0n) is 16.5. The van der Waals surface area contributed by atoms with E-state index in [9.17, 15) is 9.59 Å². The Hall–Kier alpha value is -3.35. The van der Waals surface area contributed by atoms with Crippen LogP contribution in [0.4, 0.5) is 0 Å². The van der Waals surface area contributed by atoms with Gasteiger partial charge in [0.15, 0.2) is 11.5 Å². The maximum absolute atomic E-state index is 12.9. The molecule has 0 spiro atoms. The number of hydrogen-bond acceptors (Lipinski definition) is 5. The molecule has 0 aliphatic carbocycles. The van der Waals surface area contributed by atoms with E-state index in [1.807, 2.05) is 42.5 Å². The first-order valence-corrected chi connectivity index (χ1v) is 9.42. The summed E-state index contributed by atoms with van der Waals surface area (Å²) in [6.45, 7) is 0. The number of carboxylic acids is 1. The number of hydrazone groups is 1. The normalized spacial score (nSPS) is 15.7. The summed E-state index contributed by atoms with van der Waals surface area (Å²) >= 11 is 0. The number of para-hydroxylation sites is 1. The van der Waals surface area contributed by atoms with Gasteiger partial charge in [-0.25, -0.2) is 5.01 Å². The average molecular weight is 396 g/mol. The third-order valence-electron chi connectivity index (χ3n) is 4.85. The number of aliphatic carboxylic acids is 1. The van der Waals surface area contributed by atoms with Crippen LogP contribution in [0.2, 0.25) is 0 Å². The van der Waals surface area contributed by atoms with Gasteiger partial charge in [-0.05, 0) is 18.1 Å². The monoisotopic (exact) mass is 396 g/mol. The molecule has 0 saturated carbocycles. The molecule has 2 aromatic rings. The fraction of sp³-hybridized carbons (Fsp3) is 0.318. The van der Waals surface area contributed by atoms with Gasteiger partial charge in [-0.15, -0.1) is 0 Å². The molecule has 0 fully saturated rings. The highest BCUT2D eigenvalue weighted by Crippen LogP contribution is 2.41. The third kappa shape index (κ3) is 4.56. The summed E-state index contributed by atoms with van der Waals surface area (Å²) in [4.78, 5) is 23.7. The standard InChI is InChI=1S/C22H24N2O5/c1-28-19-11-6-10-16(22(19)29-2)18-14-17(15-8-4-3-5-9-15)23-24(18)20(25)12-7-13-21(26)27/h3-6,8-11,18H,7,12-14H2,1-2H3,(H,26,27)/t18-/m1/s1. The van der Waals surface area contributed by atoms with Crippen LogP contribution < -0.4 is 9.47 Å². The van der Waals surface area contributed by atoms with Crippen molar-refractivity contribution in [2.75, 3.05) is 14.2 Å². The van der Waals surface area contributed by atoms with Crippen molar-refractivity contribution in [3.63, 3.8) is 0 Å². The van der Waals surface area contributed by atoms with Crippen molar-refractivity contribution in [2.45, 2.75) is 31.7 Å². The zero-order chi connectivity index (χ0) is 20.8. The number of methoxy groups -OCH3 is 2. The maximum atomic E-state index is 12.9. The molecule has 152 valence electrons. The van der Waals surface area contributed by atoms with Gasteiger partial charge >= 0.3 is 5.97 Å². The third-order valence-corrected chi connectivity index (χ3v) is 4.85. The Labute approximate surface area is 169 Å². The topological polar surface area (TPSA) is 88.4 Å². The number of amides is 1. The van der Waals surface area contributed by atoms with Gasteiger partial charge in [0.25, 0.3) is 0 Å². The van der Waals surface area contributed by atoms with Gasteiger partial charge in [0.05, 0.1) is 26.0 Å². The highest BCUT2D eigenvalue weighted by Gasteiger charge is 2.35. The molecule has 29 heavy (non-hydrogen) atoms. The van der Waals surface area contributed by atoms with Crippen LogP contribution in [0.1, 0.15) is 42.9 Å². The van der Waals surface area contributed by atoms with Crippen LogP contribution in [0.25, 0.3) is 0 Å². The van der Waals surface area contributed by atoms with Crippen molar-refractivity contribution in [2.24, 2.45) is 5.10 Å². The summed E-state index contributed by atoms with van der Waals surface area (Å²) in [5.74, 6) is 0.00931. The van der Waals surface area contributed by atoms with E-state index in [1.165, 1.54) is 5.01 Å². The SMILES string of the molecule is COc1cccc([C@H]2CC(c3ccccc3)=NN2C(=O)CCCC(=O)O)c1OC. The number of carboxylic acid groups (broad SMARTS) is 1. The lowest BCUT2D eigenvalue weighted by Crippen LogP contribution is -2.27. The van der Waals surface area contributed by atoms with Crippen molar-refractivity contribution in [1.29, 1.82) is 0 Å². The summed E-state index contributed by atoms with van der Waals surface area (Å²) in [5.41, 5.74) is 2.54. The van der Waals surface area contributed by atoms with Crippen LogP contribution in [-0.2, 0) is 9.59 Å². The zero-order valence-corrected chi connectivity index (χ0v) is 16.5. The van der Waals surface area contributed by atoms with E-state index >= 15 is 0 Å². The predicted octanol–water partition coefficient (Wildman–Crippen LogP) is 3.64. The van der Waals surface area contributed by atoms with Gasteiger partial charge in [0.1, 0.15) is 0 Å². The van der Waals surface area contributed by atoms with E-state index in [1.54, 1.807) is 20.3 Å². The minimum absolute atomic E-state index is 0.0536. The van der Waals surface area contributed by atoms with Gasteiger partial charge in [0.2, 0.25) is 5.91 Å². The first kappa shape index (κ1) is 20.4. The molecule has 1 amide bonds. The minimum atomic E-state index is -0.918. The van der Waals surface area contributed by atoms with Gasteiger partial charge in [0, 0.05) is 24.8 Å². The van der Waals surface area contributed by atoms with Crippen molar-refractivity contribution in [3.05, 3.63) is 59.7 Å². The molecule has 0 saturated heterocycles. The van der Waals surface area contributed by atoms with Crippen LogP contribution in [0.5, 0.6) is 11.5 Å². The van der Waals surface area contributed by atoms with Crippen molar-refractivity contribution in [3.8, 4) is 11.5 Å². The van der Waals surface area contributed by atoms with Crippen LogP contribution in [-0.4, -0.2) is 41.9 Å². The Morgan fingerprint density at radius 2 is 1.83 bits per heavy atom. The molecule has 1 aliphatic rings. The molecule has 1 aliphatic heterocycles.